The molecule has 0 spiro atoms. The molecule has 0 radical (unpaired) electrons. The van der Waals surface area contributed by atoms with E-state index in [1.807, 2.05) is 6.07 Å². The van der Waals surface area contributed by atoms with E-state index in [0.29, 0.717) is 25.9 Å². The molecule has 0 unspecified atom stereocenters. The quantitative estimate of drug-likeness (QED) is 0.539. The van der Waals surface area contributed by atoms with Crippen molar-refractivity contribution >= 4 is 57.9 Å². The highest BCUT2D eigenvalue weighted by Crippen LogP contribution is 2.26. The van der Waals surface area contributed by atoms with E-state index in [-0.39, 0.29) is 0 Å². The van der Waals surface area contributed by atoms with Crippen LogP contribution < -0.4 is 5.32 Å². The summed E-state index contributed by atoms with van der Waals surface area (Å²) in [6.07, 6.45) is 0. The fraction of sp³-hybridized carbons (Fsp3) is 0.0714. The lowest BCUT2D eigenvalue weighted by Gasteiger charge is -2.11. The van der Waals surface area contributed by atoms with Crippen LogP contribution in [0.4, 0.5) is 5.69 Å². The highest BCUT2D eigenvalue weighted by Gasteiger charge is 2.07. The van der Waals surface area contributed by atoms with E-state index < -0.39 is 0 Å². The largest absolute Gasteiger partial charge is 0.340 e. The average molecular weight is 348 g/mol. The summed E-state index contributed by atoms with van der Waals surface area (Å²) in [4.78, 5) is 4.20. The van der Waals surface area contributed by atoms with Crippen LogP contribution >= 0.6 is 46.4 Å². The predicted molar refractivity (Wildman–Crippen MR) is 89.0 cm³/mol. The van der Waals surface area contributed by atoms with Crippen LogP contribution in [-0.2, 0) is 0 Å². The van der Waals surface area contributed by atoms with Crippen LogP contribution in [0.3, 0.4) is 0 Å². The zero-order valence-electron chi connectivity index (χ0n) is 10.4. The number of rotatable bonds is 2. The maximum atomic E-state index is 5.99. The van der Waals surface area contributed by atoms with Gasteiger partial charge >= 0.3 is 0 Å². The molecule has 104 valence electrons. The summed E-state index contributed by atoms with van der Waals surface area (Å²) in [5.41, 5.74) is 1.56. The number of hydrogen-bond donors (Lipinski definition) is 1. The van der Waals surface area contributed by atoms with Crippen molar-refractivity contribution in [2.75, 3.05) is 12.4 Å². The lowest BCUT2D eigenvalue weighted by Crippen LogP contribution is -2.13. The van der Waals surface area contributed by atoms with Crippen LogP contribution in [0.2, 0.25) is 20.1 Å². The van der Waals surface area contributed by atoms with Gasteiger partial charge < -0.3 is 5.32 Å². The van der Waals surface area contributed by atoms with Crippen LogP contribution in [0.5, 0.6) is 0 Å². The maximum Gasteiger partial charge on any atom is 0.132 e. The molecular formula is C14H10Cl4N2. The first kappa shape index (κ1) is 15.5. The molecule has 0 aliphatic rings. The number of nitrogens with one attached hydrogen (secondary N) is 1. The number of anilines is 1. The Hall–Kier alpha value is -0.930. The second-order valence-electron chi connectivity index (χ2n) is 3.98. The van der Waals surface area contributed by atoms with Gasteiger partial charge in [-0.3, -0.25) is 4.99 Å². The van der Waals surface area contributed by atoms with E-state index >= 15 is 0 Å². The summed E-state index contributed by atoms with van der Waals surface area (Å²) >= 11 is 23.9. The third-order valence-corrected chi connectivity index (χ3v) is 3.72. The van der Waals surface area contributed by atoms with E-state index in [0.717, 1.165) is 11.3 Å². The van der Waals surface area contributed by atoms with Gasteiger partial charge in [0.25, 0.3) is 0 Å². The Labute approximate surface area is 137 Å². The average Bonchev–Trinajstić information content (AvgIpc) is 2.38. The van der Waals surface area contributed by atoms with Crippen molar-refractivity contribution in [3.05, 3.63) is 62.1 Å². The number of nitrogens with zero attached hydrogens (tertiary/aromatic N) is 1. The van der Waals surface area contributed by atoms with Crippen molar-refractivity contribution in [3.8, 4) is 0 Å². The Morgan fingerprint density at radius 3 is 2.10 bits per heavy atom. The van der Waals surface area contributed by atoms with Gasteiger partial charge in [0.05, 0.1) is 10.0 Å². The molecular weight excluding hydrogens is 338 g/mol. The molecule has 0 heterocycles. The van der Waals surface area contributed by atoms with Crippen LogP contribution in [-0.4, -0.2) is 12.9 Å². The van der Waals surface area contributed by atoms with E-state index in [1.165, 1.54) is 0 Å². The number of hydrogen-bond acceptors (Lipinski definition) is 1. The summed E-state index contributed by atoms with van der Waals surface area (Å²) in [7, 11) is 1.68. The Kier molecular flexibility index (Phi) is 5.17. The van der Waals surface area contributed by atoms with E-state index in [1.54, 1.807) is 37.4 Å². The number of benzene rings is 2. The SMILES string of the molecule is CN=C(Nc1ccc(Cl)c(Cl)c1)c1cc(Cl)cc(Cl)c1. The Morgan fingerprint density at radius 1 is 0.900 bits per heavy atom. The highest BCUT2D eigenvalue weighted by atomic mass is 35.5. The molecule has 2 aromatic carbocycles. The minimum atomic E-state index is 0.469. The molecule has 0 atom stereocenters. The smallest absolute Gasteiger partial charge is 0.132 e. The lowest BCUT2D eigenvalue weighted by molar-refractivity contribution is 1.40. The van der Waals surface area contributed by atoms with Crippen molar-refractivity contribution in [3.63, 3.8) is 0 Å². The first-order chi connectivity index (χ1) is 9.49. The molecule has 2 aromatic rings. The molecule has 0 fully saturated rings. The van der Waals surface area contributed by atoms with Crippen LogP contribution in [0.25, 0.3) is 0 Å². The van der Waals surface area contributed by atoms with Gasteiger partial charge in [0, 0.05) is 28.3 Å². The first-order valence-electron chi connectivity index (χ1n) is 5.65. The third-order valence-electron chi connectivity index (χ3n) is 2.54. The molecule has 1 N–H and O–H groups in total. The molecule has 0 aliphatic carbocycles. The second-order valence-corrected chi connectivity index (χ2v) is 5.67. The van der Waals surface area contributed by atoms with Crippen LogP contribution in [0.15, 0.2) is 41.4 Å². The molecule has 0 aliphatic heterocycles. The molecule has 0 aromatic heterocycles. The van der Waals surface area contributed by atoms with Gasteiger partial charge in [-0.25, -0.2) is 0 Å². The highest BCUT2D eigenvalue weighted by molar-refractivity contribution is 6.42. The molecule has 0 saturated carbocycles. The van der Waals surface area contributed by atoms with E-state index in [4.69, 9.17) is 46.4 Å². The van der Waals surface area contributed by atoms with E-state index in [9.17, 15) is 0 Å². The van der Waals surface area contributed by atoms with Gasteiger partial charge in [0.15, 0.2) is 0 Å². The van der Waals surface area contributed by atoms with Gasteiger partial charge in [-0.1, -0.05) is 46.4 Å². The van der Waals surface area contributed by atoms with Gasteiger partial charge in [-0.05, 0) is 36.4 Å². The fourth-order valence-electron chi connectivity index (χ4n) is 1.66. The molecule has 2 rings (SSSR count). The molecule has 0 amide bonds. The van der Waals surface area contributed by atoms with Crippen LogP contribution in [0.1, 0.15) is 5.56 Å². The van der Waals surface area contributed by atoms with Crippen LogP contribution in [0, 0.1) is 0 Å². The molecule has 0 bridgehead atoms. The van der Waals surface area contributed by atoms with Crippen molar-refractivity contribution < 1.29 is 0 Å². The van der Waals surface area contributed by atoms with E-state index in [2.05, 4.69) is 10.3 Å². The third kappa shape index (κ3) is 3.80. The van der Waals surface area contributed by atoms with Gasteiger partial charge in [-0.15, -0.1) is 0 Å². The van der Waals surface area contributed by atoms with Gasteiger partial charge in [-0.2, -0.15) is 0 Å². The zero-order valence-corrected chi connectivity index (χ0v) is 13.4. The maximum absolute atomic E-state index is 5.99. The zero-order chi connectivity index (χ0) is 14.7. The van der Waals surface area contributed by atoms with Crippen molar-refractivity contribution in [1.82, 2.24) is 0 Å². The second kappa shape index (κ2) is 6.68. The standard InChI is InChI=1S/C14H10Cl4N2/c1-19-14(8-4-9(15)6-10(16)5-8)20-11-2-3-12(17)13(18)7-11/h2-7H,1H3,(H,19,20). The Balaban J connectivity index is 2.31. The lowest BCUT2D eigenvalue weighted by atomic mass is 10.2. The fourth-order valence-corrected chi connectivity index (χ4v) is 2.48. The minimum absolute atomic E-state index is 0.469. The normalized spacial score (nSPS) is 11.6. The van der Waals surface area contributed by atoms with Gasteiger partial charge in [0.1, 0.15) is 5.84 Å². The molecule has 0 saturated heterocycles. The summed E-state index contributed by atoms with van der Waals surface area (Å²) in [5, 5.41) is 5.22. The summed E-state index contributed by atoms with van der Waals surface area (Å²) in [5.74, 6) is 0.632. The molecule has 2 nitrogen and oxygen atoms in total. The summed E-state index contributed by atoms with van der Waals surface area (Å²) in [6.45, 7) is 0. The first-order valence-corrected chi connectivity index (χ1v) is 7.16. The summed E-state index contributed by atoms with van der Waals surface area (Å²) < 4.78 is 0. The monoisotopic (exact) mass is 346 g/mol. The Bertz CT molecular complexity index is 648. The van der Waals surface area contributed by atoms with Crippen molar-refractivity contribution in [2.24, 2.45) is 4.99 Å². The summed E-state index contributed by atoms with van der Waals surface area (Å²) in [6, 6.07) is 10.5. The van der Waals surface area contributed by atoms with Gasteiger partial charge in [0.2, 0.25) is 0 Å². The number of aliphatic imine (C=N–C) groups is 1. The molecule has 6 heteroatoms. The number of amidine groups is 1. The van der Waals surface area contributed by atoms with Crippen molar-refractivity contribution in [1.29, 1.82) is 0 Å². The Morgan fingerprint density at radius 2 is 1.55 bits per heavy atom. The predicted octanol–water partition coefficient (Wildman–Crippen LogP) is 5.79. The molecule has 20 heavy (non-hydrogen) atoms. The topological polar surface area (TPSA) is 24.4 Å². The van der Waals surface area contributed by atoms with Crippen molar-refractivity contribution in [2.45, 2.75) is 0 Å². The minimum Gasteiger partial charge on any atom is -0.340 e. The number of halogens is 4.